The number of benzene rings is 2. The molecule has 2 aromatic carbocycles. The van der Waals surface area contributed by atoms with E-state index in [1.165, 1.54) is 11.1 Å². The molecule has 0 fully saturated rings. The van der Waals surface area contributed by atoms with Crippen LogP contribution in [-0.4, -0.2) is 6.54 Å². The van der Waals surface area contributed by atoms with Gasteiger partial charge >= 0.3 is 0 Å². The summed E-state index contributed by atoms with van der Waals surface area (Å²) < 4.78 is 4.33. The van der Waals surface area contributed by atoms with E-state index in [4.69, 9.17) is 0 Å². The molecule has 0 amide bonds. The highest BCUT2D eigenvalue weighted by Gasteiger charge is 2.17. The molecule has 0 bridgehead atoms. The molecule has 0 aliphatic heterocycles. The van der Waals surface area contributed by atoms with Crippen molar-refractivity contribution in [3.63, 3.8) is 0 Å². The van der Waals surface area contributed by atoms with E-state index in [0.717, 1.165) is 30.9 Å². The topological polar surface area (TPSA) is 12.0 Å². The molecular weight excluding hydrogens is 526 g/mol. The lowest BCUT2D eigenvalue weighted by Crippen LogP contribution is -2.23. The fraction of sp³-hybridized carbons (Fsp3) is 0.250. The third-order valence-corrected chi connectivity index (χ3v) is 5.22. The van der Waals surface area contributed by atoms with Crippen LogP contribution in [0.5, 0.6) is 0 Å². The normalized spacial score (nSPS) is 12.4. The highest BCUT2D eigenvalue weighted by Crippen LogP contribution is 2.33. The van der Waals surface area contributed by atoms with Gasteiger partial charge in [-0.1, -0.05) is 70.6 Å². The van der Waals surface area contributed by atoms with Gasteiger partial charge in [-0.25, -0.2) is 0 Å². The van der Waals surface area contributed by atoms with Gasteiger partial charge in [-0.2, -0.15) is 0 Å². The van der Waals surface area contributed by atoms with E-state index in [0.29, 0.717) is 0 Å². The molecule has 112 valence electrons. The van der Waals surface area contributed by atoms with Crippen LogP contribution < -0.4 is 5.32 Å². The number of hydrogen-bond acceptors (Lipinski definition) is 1. The Morgan fingerprint density at radius 2 is 1.57 bits per heavy atom. The SMILES string of the molecule is CCCNC(c1cc(Br)cc(Br)c1)c1cc(Br)ccc1Br. The summed E-state index contributed by atoms with van der Waals surface area (Å²) in [7, 11) is 0. The minimum Gasteiger partial charge on any atom is -0.306 e. The smallest absolute Gasteiger partial charge is 0.0589 e. The van der Waals surface area contributed by atoms with Gasteiger partial charge in [-0.15, -0.1) is 0 Å². The molecular formula is C16H15Br4N. The highest BCUT2D eigenvalue weighted by atomic mass is 79.9. The van der Waals surface area contributed by atoms with E-state index in [2.05, 4.69) is 106 Å². The Morgan fingerprint density at radius 1 is 0.905 bits per heavy atom. The summed E-state index contributed by atoms with van der Waals surface area (Å²) in [4.78, 5) is 0. The lowest BCUT2D eigenvalue weighted by molar-refractivity contribution is 0.596. The van der Waals surface area contributed by atoms with Crippen LogP contribution in [0.15, 0.2) is 54.3 Å². The molecule has 0 aliphatic rings. The Balaban J connectivity index is 2.49. The zero-order valence-electron chi connectivity index (χ0n) is 11.5. The van der Waals surface area contributed by atoms with Gasteiger partial charge in [0.2, 0.25) is 0 Å². The second-order valence-corrected chi connectivity index (χ2v) is 8.36. The Hall–Kier alpha value is 0.320. The van der Waals surface area contributed by atoms with Gasteiger partial charge in [0.1, 0.15) is 0 Å². The van der Waals surface area contributed by atoms with Crippen molar-refractivity contribution in [1.29, 1.82) is 0 Å². The second-order valence-electron chi connectivity index (χ2n) is 4.76. The minimum atomic E-state index is 0.144. The maximum absolute atomic E-state index is 3.67. The Kier molecular flexibility index (Phi) is 6.94. The first-order valence-electron chi connectivity index (χ1n) is 6.65. The van der Waals surface area contributed by atoms with Crippen LogP contribution in [0, 0.1) is 0 Å². The first kappa shape index (κ1) is 17.7. The molecule has 0 spiro atoms. The summed E-state index contributed by atoms with van der Waals surface area (Å²) in [6.07, 6.45) is 1.09. The molecule has 0 aliphatic carbocycles. The van der Waals surface area contributed by atoms with E-state index < -0.39 is 0 Å². The number of rotatable bonds is 5. The summed E-state index contributed by atoms with van der Waals surface area (Å²) in [5, 5.41) is 3.63. The molecule has 1 atom stereocenters. The van der Waals surface area contributed by atoms with Crippen LogP contribution in [0.4, 0.5) is 0 Å². The van der Waals surface area contributed by atoms with Crippen molar-refractivity contribution in [3.8, 4) is 0 Å². The molecule has 2 rings (SSSR count). The number of nitrogens with one attached hydrogen (secondary N) is 1. The maximum atomic E-state index is 3.67. The fourth-order valence-corrected chi connectivity index (χ4v) is 4.36. The molecule has 1 nitrogen and oxygen atoms in total. The van der Waals surface area contributed by atoms with Gasteiger partial charge in [0, 0.05) is 17.9 Å². The zero-order valence-corrected chi connectivity index (χ0v) is 17.8. The zero-order chi connectivity index (χ0) is 15.4. The summed E-state index contributed by atoms with van der Waals surface area (Å²) in [5.41, 5.74) is 2.45. The van der Waals surface area contributed by atoms with E-state index in [1.54, 1.807) is 0 Å². The number of hydrogen-bond donors (Lipinski definition) is 1. The third-order valence-electron chi connectivity index (χ3n) is 3.09. The second kappa shape index (κ2) is 8.25. The van der Waals surface area contributed by atoms with Crippen molar-refractivity contribution < 1.29 is 0 Å². The van der Waals surface area contributed by atoms with Gasteiger partial charge in [0.15, 0.2) is 0 Å². The van der Waals surface area contributed by atoms with E-state index in [9.17, 15) is 0 Å². The maximum Gasteiger partial charge on any atom is 0.0589 e. The van der Waals surface area contributed by atoms with Crippen molar-refractivity contribution in [3.05, 3.63) is 65.4 Å². The Bertz CT molecular complexity index is 607. The highest BCUT2D eigenvalue weighted by molar-refractivity contribution is 9.11. The van der Waals surface area contributed by atoms with Gasteiger partial charge in [0.05, 0.1) is 6.04 Å². The average molecular weight is 541 g/mol. The third kappa shape index (κ3) is 4.90. The van der Waals surface area contributed by atoms with E-state index in [1.807, 2.05) is 6.07 Å². The van der Waals surface area contributed by atoms with Crippen molar-refractivity contribution in [2.45, 2.75) is 19.4 Å². The van der Waals surface area contributed by atoms with Gasteiger partial charge in [-0.05, 0) is 60.5 Å². The van der Waals surface area contributed by atoms with Crippen LogP contribution in [0.2, 0.25) is 0 Å². The minimum absolute atomic E-state index is 0.144. The standard InChI is InChI=1S/C16H15Br4N/c1-2-5-21-16(10-6-12(18)8-13(19)7-10)14-9-11(17)3-4-15(14)20/h3-4,6-9,16,21H,2,5H2,1H3. The average Bonchev–Trinajstić information content (AvgIpc) is 2.42. The van der Waals surface area contributed by atoms with Crippen LogP contribution >= 0.6 is 63.7 Å². The molecule has 2 aromatic rings. The first-order valence-corrected chi connectivity index (χ1v) is 9.82. The Morgan fingerprint density at radius 3 is 2.19 bits per heavy atom. The molecule has 5 heteroatoms. The lowest BCUT2D eigenvalue weighted by Gasteiger charge is -2.22. The monoisotopic (exact) mass is 537 g/mol. The van der Waals surface area contributed by atoms with Crippen molar-refractivity contribution in [2.75, 3.05) is 6.54 Å². The molecule has 1 unspecified atom stereocenters. The van der Waals surface area contributed by atoms with Crippen molar-refractivity contribution >= 4 is 63.7 Å². The largest absolute Gasteiger partial charge is 0.306 e. The summed E-state index contributed by atoms with van der Waals surface area (Å²) in [6, 6.07) is 12.8. The lowest BCUT2D eigenvalue weighted by atomic mass is 9.98. The van der Waals surface area contributed by atoms with Gasteiger partial charge in [-0.3, -0.25) is 0 Å². The Labute approximate surface area is 159 Å². The quantitative estimate of drug-likeness (QED) is 0.438. The molecule has 21 heavy (non-hydrogen) atoms. The molecule has 0 heterocycles. The molecule has 0 aromatic heterocycles. The summed E-state index contributed by atoms with van der Waals surface area (Å²) >= 11 is 14.4. The van der Waals surface area contributed by atoms with Gasteiger partial charge in [0.25, 0.3) is 0 Å². The van der Waals surface area contributed by atoms with Crippen molar-refractivity contribution in [2.24, 2.45) is 0 Å². The van der Waals surface area contributed by atoms with Crippen LogP contribution in [0.3, 0.4) is 0 Å². The molecule has 0 saturated heterocycles. The van der Waals surface area contributed by atoms with Crippen LogP contribution in [0.25, 0.3) is 0 Å². The molecule has 0 saturated carbocycles. The van der Waals surface area contributed by atoms with Gasteiger partial charge < -0.3 is 5.32 Å². The summed E-state index contributed by atoms with van der Waals surface area (Å²) in [5.74, 6) is 0. The summed E-state index contributed by atoms with van der Waals surface area (Å²) in [6.45, 7) is 3.14. The van der Waals surface area contributed by atoms with Crippen LogP contribution in [-0.2, 0) is 0 Å². The van der Waals surface area contributed by atoms with E-state index in [-0.39, 0.29) is 6.04 Å². The predicted octanol–water partition coefficient (Wildman–Crippen LogP) is 6.83. The van der Waals surface area contributed by atoms with E-state index >= 15 is 0 Å². The fourth-order valence-electron chi connectivity index (χ4n) is 2.17. The predicted molar refractivity (Wildman–Crippen MR) is 104 cm³/mol. The van der Waals surface area contributed by atoms with Crippen LogP contribution in [0.1, 0.15) is 30.5 Å². The molecule has 1 N–H and O–H groups in total. The first-order chi connectivity index (χ1) is 10.0. The number of halogens is 4. The molecule has 0 radical (unpaired) electrons. The van der Waals surface area contributed by atoms with Crippen molar-refractivity contribution in [1.82, 2.24) is 5.32 Å².